The van der Waals surface area contributed by atoms with E-state index in [4.69, 9.17) is 10.5 Å². The van der Waals surface area contributed by atoms with E-state index in [-0.39, 0.29) is 0 Å². The van der Waals surface area contributed by atoms with E-state index in [1.807, 2.05) is 38.1 Å². The molecule has 8 heteroatoms. The number of carbonyl (C=O) groups is 1. The zero-order valence-corrected chi connectivity index (χ0v) is 22.7. The molecule has 0 spiro atoms. The van der Waals surface area contributed by atoms with Gasteiger partial charge in [0.15, 0.2) is 0 Å². The second kappa shape index (κ2) is 12.6. The van der Waals surface area contributed by atoms with E-state index in [1.165, 1.54) is 6.42 Å². The van der Waals surface area contributed by atoms with Gasteiger partial charge in [0.25, 0.3) is 0 Å². The minimum Gasteiger partial charge on any atom is -0.497 e. The summed E-state index contributed by atoms with van der Waals surface area (Å²) in [5, 5.41) is 9.68. The summed E-state index contributed by atoms with van der Waals surface area (Å²) in [4.78, 5) is 25.4. The third-order valence-corrected chi connectivity index (χ3v) is 7.21. The normalized spacial score (nSPS) is 15.3. The van der Waals surface area contributed by atoms with E-state index in [0.29, 0.717) is 29.8 Å². The Kier molecular flexibility index (Phi) is 9.05. The van der Waals surface area contributed by atoms with Crippen LogP contribution < -0.4 is 20.3 Å². The molecule has 2 heterocycles. The number of methoxy groups -OCH3 is 1. The van der Waals surface area contributed by atoms with Crippen molar-refractivity contribution in [2.75, 3.05) is 42.3 Å². The van der Waals surface area contributed by atoms with E-state index in [2.05, 4.69) is 31.9 Å². The molecule has 1 aromatic heterocycles. The molecule has 1 aliphatic rings. The maximum absolute atomic E-state index is 11.8. The summed E-state index contributed by atoms with van der Waals surface area (Å²) < 4.78 is 5.30. The van der Waals surface area contributed by atoms with Crippen molar-refractivity contribution in [3.63, 3.8) is 0 Å². The summed E-state index contributed by atoms with van der Waals surface area (Å²) >= 11 is 0. The fraction of sp³-hybridized carbons (Fsp3) is 0.433. The van der Waals surface area contributed by atoms with Crippen molar-refractivity contribution in [2.45, 2.75) is 52.5 Å². The number of anilines is 3. The minimum atomic E-state index is -0.863. The first-order valence-corrected chi connectivity index (χ1v) is 13.4. The Bertz CT molecular complexity index is 1210. The zero-order chi connectivity index (χ0) is 27.1. The number of piperidine rings is 1. The molecule has 1 fully saturated rings. The summed E-state index contributed by atoms with van der Waals surface area (Å²) in [5.41, 5.74) is 10.4. The second-order valence-corrected chi connectivity index (χ2v) is 10.3. The molecule has 2 aromatic carbocycles. The van der Waals surface area contributed by atoms with Crippen LogP contribution in [0.4, 0.5) is 17.5 Å². The van der Waals surface area contributed by atoms with Crippen LogP contribution in [0.2, 0.25) is 0 Å². The van der Waals surface area contributed by atoms with Gasteiger partial charge >= 0.3 is 5.97 Å². The highest BCUT2D eigenvalue weighted by atomic mass is 16.5. The molecule has 3 N–H and O–H groups in total. The summed E-state index contributed by atoms with van der Waals surface area (Å²) in [6.45, 7) is 7.27. The Hall–Kier alpha value is -3.81. The maximum Gasteiger partial charge on any atom is 0.337 e. The Morgan fingerprint density at radius 2 is 1.92 bits per heavy atom. The number of unbranched alkanes of at least 4 members (excludes halogenated alkanes) is 1. The summed E-state index contributed by atoms with van der Waals surface area (Å²) in [7, 11) is 1.67. The van der Waals surface area contributed by atoms with Crippen molar-refractivity contribution in [3.8, 4) is 5.75 Å². The first kappa shape index (κ1) is 27.2. The van der Waals surface area contributed by atoms with Crippen LogP contribution in [0.3, 0.4) is 0 Å². The van der Waals surface area contributed by atoms with Crippen LogP contribution in [0.1, 0.15) is 59.3 Å². The van der Waals surface area contributed by atoms with Crippen LogP contribution in [0, 0.1) is 19.8 Å². The maximum atomic E-state index is 11.8. The predicted octanol–water partition coefficient (Wildman–Crippen LogP) is 5.48. The molecule has 8 nitrogen and oxygen atoms in total. The number of hydrogen-bond acceptors (Lipinski definition) is 7. The van der Waals surface area contributed by atoms with Crippen molar-refractivity contribution in [1.29, 1.82) is 0 Å². The van der Waals surface area contributed by atoms with Gasteiger partial charge in [-0.1, -0.05) is 24.6 Å². The topological polar surface area (TPSA) is 105 Å². The molecule has 0 bridgehead atoms. The molecule has 1 aliphatic heterocycles. The second-order valence-electron chi connectivity index (χ2n) is 10.3. The van der Waals surface area contributed by atoms with E-state index >= 15 is 0 Å². The van der Waals surface area contributed by atoms with Gasteiger partial charge in [0.2, 0.25) is 5.95 Å². The van der Waals surface area contributed by atoms with Crippen LogP contribution in [0.5, 0.6) is 5.75 Å². The lowest BCUT2D eigenvalue weighted by molar-refractivity contribution is 0.0697. The molecule has 1 unspecified atom stereocenters. The fourth-order valence-corrected chi connectivity index (χ4v) is 5.26. The monoisotopic (exact) mass is 517 g/mol. The summed E-state index contributed by atoms with van der Waals surface area (Å²) in [5.74, 6) is 1.65. The van der Waals surface area contributed by atoms with E-state index in [1.54, 1.807) is 19.2 Å². The molecule has 0 aliphatic carbocycles. The van der Waals surface area contributed by atoms with E-state index < -0.39 is 5.97 Å². The fourth-order valence-electron chi connectivity index (χ4n) is 5.26. The summed E-state index contributed by atoms with van der Waals surface area (Å²) in [6.07, 6.45) is 5.46. The third-order valence-electron chi connectivity index (χ3n) is 7.21. The van der Waals surface area contributed by atoms with Gasteiger partial charge in [0.05, 0.1) is 18.4 Å². The summed E-state index contributed by atoms with van der Waals surface area (Å²) in [6, 6.07) is 15.5. The molecule has 202 valence electrons. The van der Waals surface area contributed by atoms with Crippen molar-refractivity contribution < 1.29 is 14.6 Å². The molecular weight excluding hydrogens is 478 g/mol. The quantitative estimate of drug-likeness (QED) is 0.322. The number of nitrogens with two attached hydrogens (primary N) is 1. The van der Waals surface area contributed by atoms with Crippen molar-refractivity contribution in [3.05, 3.63) is 70.9 Å². The lowest BCUT2D eigenvalue weighted by atomic mass is 9.91. The van der Waals surface area contributed by atoms with Gasteiger partial charge in [0, 0.05) is 37.9 Å². The minimum absolute atomic E-state index is 0.392. The smallest absolute Gasteiger partial charge is 0.337 e. The first-order chi connectivity index (χ1) is 18.3. The number of carboxylic acid groups (broad SMARTS) is 1. The molecule has 1 atom stereocenters. The van der Waals surface area contributed by atoms with Crippen LogP contribution >= 0.6 is 0 Å². The van der Waals surface area contributed by atoms with Crippen LogP contribution in [-0.4, -0.2) is 47.8 Å². The number of aryl methyl sites for hydroxylation is 2. The number of aromatic nitrogens is 2. The highest BCUT2D eigenvalue weighted by Crippen LogP contribution is 2.30. The molecule has 0 amide bonds. The molecule has 38 heavy (non-hydrogen) atoms. The van der Waals surface area contributed by atoms with Crippen molar-refractivity contribution >= 4 is 23.4 Å². The van der Waals surface area contributed by atoms with Gasteiger partial charge in [-0.25, -0.2) is 9.78 Å². The molecule has 0 saturated carbocycles. The predicted molar refractivity (Wildman–Crippen MR) is 152 cm³/mol. The number of carboxylic acids is 1. The van der Waals surface area contributed by atoms with Gasteiger partial charge in [-0.3, -0.25) is 0 Å². The first-order valence-electron chi connectivity index (χ1n) is 13.4. The van der Waals surface area contributed by atoms with Crippen molar-refractivity contribution in [1.82, 2.24) is 9.97 Å². The number of hydrogen-bond donors (Lipinski definition) is 2. The van der Waals surface area contributed by atoms with E-state index in [0.717, 1.165) is 73.6 Å². The number of aromatic carboxylic acids is 1. The Labute approximate surface area is 225 Å². The molecule has 3 aromatic rings. The van der Waals surface area contributed by atoms with Crippen LogP contribution in [0.15, 0.2) is 48.5 Å². The largest absolute Gasteiger partial charge is 0.497 e. The lowest BCUT2D eigenvalue weighted by Gasteiger charge is -2.35. The van der Waals surface area contributed by atoms with E-state index in [9.17, 15) is 9.90 Å². The standard InChI is InChI=1S/C30H39N5O3/c1-21-9-14-26(29(36)37)27(17-21)34-16-6-8-23(19-34)7-4-5-15-35(30-32-22(2)18-28(31)33-30)20-24-10-12-25(38-3)13-11-24/h9-14,17-18,23H,4-8,15-16,19-20H2,1-3H3,(H,36,37)(H2,31,32,33). The number of rotatable bonds is 11. The Balaban J connectivity index is 1.37. The highest BCUT2D eigenvalue weighted by Gasteiger charge is 2.23. The van der Waals surface area contributed by atoms with Gasteiger partial charge in [0.1, 0.15) is 11.6 Å². The number of nitrogen functional groups attached to an aromatic ring is 1. The van der Waals surface area contributed by atoms with Crippen molar-refractivity contribution in [2.24, 2.45) is 5.92 Å². The average molecular weight is 518 g/mol. The van der Waals surface area contributed by atoms with Gasteiger partial charge in [-0.05, 0) is 80.8 Å². The third kappa shape index (κ3) is 7.15. The average Bonchev–Trinajstić information content (AvgIpc) is 2.90. The Morgan fingerprint density at radius 3 is 2.63 bits per heavy atom. The van der Waals surface area contributed by atoms with Gasteiger partial charge in [-0.2, -0.15) is 4.98 Å². The number of benzene rings is 2. The van der Waals surface area contributed by atoms with Crippen LogP contribution in [0.25, 0.3) is 0 Å². The zero-order valence-electron chi connectivity index (χ0n) is 22.7. The molecule has 4 rings (SSSR count). The number of ether oxygens (including phenoxy) is 1. The lowest BCUT2D eigenvalue weighted by Crippen LogP contribution is -2.36. The highest BCUT2D eigenvalue weighted by molar-refractivity contribution is 5.94. The molecular formula is C30H39N5O3. The molecule has 0 radical (unpaired) electrons. The SMILES string of the molecule is COc1ccc(CN(CCCCC2CCCN(c3cc(C)ccc3C(=O)O)C2)c2nc(C)cc(N)n2)cc1. The van der Waals surface area contributed by atoms with Gasteiger partial charge < -0.3 is 25.4 Å². The molecule has 1 saturated heterocycles. The van der Waals surface area contributed by atoms with Crippen LogP contribution in [-0.2, 0) is 6.54 Å². The Morgan fingerprint density at radius 1 is 1.13 bits per heavy atom. The number of nitrogens with zero attached hydrogens (tertiary/aromatic N) is 4. The van der Waals surface area contributed by atoms with Gasteiger partial charge in [-0.15, -0.1) is 0 Å².